The molecule has 1 atom stereocenters. The third kappa shape index (κ3) is 4.73. The second-order valence-electron chi connectivity index (χ2n) is 8.52. The van der Waals surface area contributed by atoms with E-state index < -0.39 is 11.7 Å². The van der Waals surface area contributed by atoms with Crippen LogP contribution in [-0.2, 0) is 0 Å². The van der Waals surface area contributed by atoms with E-state index >= 15 is 4.39 Å². The lowest BCUT2D eigenvalue weighted by atomic mass is 10.0. The van der Waals surface area contributed by atoms with E-state index in [2.05, 4.69) is 25.6 Å². The van der Waals surface area contributed by atoms with Gasteiger partial charge in [0, 0.05) is 37.2 Å². The van der Waals surface area contributed by atoms with Gasteiger partial charge in [-0.05, 0) is 62.2 Å². The van der Waals surface area contributed by atoms with Crippen LogP contribution in [0.2, 0.25) is 0 Å². The van der Waals surface area contributed by atoms with E-state index in [4.69, 9.17) is 5.11 Å². The minimum atomic E-state index is -0.667. The van der Waals surface area contributed by atoms with Crippen molar-refractivity contribution in [1.29, 1.82) is 0 Å². The molecule has 4 aromatic rings. The van der Waals surface area contributed by atoms with E-state index in [9.17, 15) is 4.79 Å². The highest BCUT2D eigenvalue weighted by molar-refractivity contribution is 6.07. The Morgan fingerprint density at radius 2 is 2.08 bits per heavy atom. The summed E-state index contributed by atoms with van der Waals surface area (Å²) in [5.41, 5.74) is 2.17. The van der Waals surface area contributed by atoms with E-state index in [0.29, 0.717) is 35.6 Å². The summed E-state index contributed by atoms with van der Waals surface area (Å²) >= 11 is 0. The first-order valence-electron chi connectivity index (χ1n) is 11.9. The van der Waals surface area contributed by atoms with Crippen LogP contribution in [0, 0.1) is 5.82 Å². The smallest absolute Gasteiger partial charge is 0.262 e. The molecule has 1 aliphatic heterocycles. The number of carbonyl (C=O) groups excluding carboxylic acids is 1. The zero-order valence-electron chi connectivity index (χ0n) is 19.6. The van der Waals surface area contributed by atoms with Crippen LogP contribution in [0.1, 0.15) is 35.2 Å². The number of hydrogen-bond acceptors (Lipinski definition) is 7. The van der Waals surface area contributed by atoms with Crippen molar-refractivity contribution >= 4 is 29.0 Å². The zero-order chi connectivity index (χ0) is 24.9. The molecule has 0 bridgehead atoms. The van der Waals surface area contributed by atoms with Gasteiger partial charge >= 0.3 is 0 Å². The van der Waals surface area contributed by atoms with Crippen molar-refractivity contribution in [2.75, 3.05) is 24.6 Å². The molecule has 0 spiro atoms. The molecule has 0 aliphatic carbocycles. The number of carbonyl (C=O) groups is 1. The van der Waals surface area contributed by atoms with E-state index in [1.807, 2.05) is 18.2 Å². The molecule has 2 N–H and O–H groups in total. The Hall–Kier alpha value is -4.02. The Labute approximate surface area is 207 Å². The molecular formula is C26H26FN7O2. The number of nitrogens with one attached hydrogen (secondary N) is 1. The van der Waals surface area contributed by atoms with Gasteiger partial charge < -0.3 is 10.4 Å². The number of aromatic nitrogens is 5. The Kier molecular flexibility index (Phi) is 7.06. The lowest BCUT2D eigenvalue weighted by molar-refractivity contribution is 0.0967. The predicted molar refractivity (Wildman–Crippen MR) is 134 cm³/mol. The summed E-state index contributed by atoms with van der Waals surface area (Å²) in [5, 5.41) is 20.6. The summed E-state index contributed by atoms with van der Waals surface area (Å²) in [7, 11) is 0. The van der Waals surface area contributed by atoms with Crippen LogP contribution in [0.4, 0.5) is 10.2 Å². The van der Waals surface area contributed by atoms with Crippen LogP contribution in [0.3, 0.4) is 0 Å². The summed E-state index contributed by atoms with van der Waals surface area (Å²) in [6.45, 7) is 1.47. The first kappa shape index (κ1) is 23.7. The number of pyridine rings is 2. The van der Waals surface area contributed by atoms with Gasteiger partial charge in [-0.1, -0.05) is 17.4 Å². The highest BCUT2D eigenvalue weighted by Gasteiger charge is 2.31. The molecular weight excluding hydrogens is 461 g/mol. The lowest BCUT2D eigenvalue weighted by Crippen LogP contribution is -2.49. The first-order valence-corrected chi connectivity index (χ1v) is 11.9. The maximum Gasteiger partial charge on any atom is 0.262 e. The predicted octanol–water partition coefficient (Wildman–Crippen LogP) is 3.14. The van der Waals surface area contributed by atoms with Crippen molar-refractivity contribution in [3.63, 3.8) is 0 Å². The fraction of sp³-hybridized carbons (Fsp3) is 0.269. The maximum atomic E-state index is 15.5. The van der Waals surface area contributed by atoms with Gasteiger partial charge in [0.1, 0.15) is 17.2 Å². The Morgan fingerprint density at radius 3 is 2.89 bits per heavy atom. The van der Waals surface area contributed by atoms with E-state index in [1.165, 1.54) is 16.8 Å². The number of hydrogen-bond donors (Lipinski definition) is 2. The molecule has 1 saturated heterocycles. The van der Waals surface area contributed by atoms with Crippen molar-refractivity contribution in [2.45, 2.75) is 25.3 Å². The van der Waals surface area contributed by atoms with Gasteiger partial charge in [0.05, 0.1) is 17.3 Å². The summed E-state index contributed by atoms with van der Waals surface area (Å²) in [5.74, 6) is -0.677. The molecule has 1 aliphatic rings. The summed E-state index contributed by atoms with van der Waals surface area (Å²) in [6, 6.07) is 11.4. The second kappa shape index (κ2) is 10.7. The Balaban J connectivity index is 1.53. The number of benzene rings is 1. The summed E-state index contributed by atoms with van der Waals surface area (Å²) in [4.78, 5) is 24.2. The molecule has 36 heavy (non-hydrogen) atoms. The molecule has 0 unspecified atom stereocenters. The third-order valence-electron chi connectivity index (χ3n) is 6.13. The average molecular weight is 488 g/mol. The van der Waals surface area contributed by atoms with Gasteiger partial charge in [-0.25, -0.2) is 14.4 Å². The second-order valence-corrected chi connectivity index (χ2v) is 8.52. The van der Waals surface area contributed by atoms with Crippen molar-refractivity contribution < 1.29 is 14.3 Å². The molecule has 9 nitrogen and oxygen atoms in total. The quantitative estimate of drug-likeness (QED) is 0.412. The SMILES string of the molecule is O=C(c1ccc(-n2nnc3cccnc32)cc1F)N(c1ncccc1/C=C/CCO)[C@@H]1CCCNC1. The number of halogens is 1. The normalized spacial score (nSPS) is 16.0. The Morgan fingerprint density at radius 1 is 1.22 bits per heavy atom. The number of aliphatic hydroxyl groups excluding tert-OH is 1. The third-order valence-corrected chi connectivity index (χ3v) is 6.13. The zero-order valence-corrected chi connectivity index (χ0v) is 19.6. The van der Waals surface area contributed by atoms with Gasteiger partial charge in [-0.2, -0.15) is 4.68 Å². The van der Waals surface area contributed by atoms with Crippen molar-refractivity contribution in [2.24, 2.45) is 0 Å². The van der Waals surface area contributed by atoms with Gasteiger partial charge in [0.25, 0.3) is 5.91 Å². The average Bonchev–Trinajstić information content (AvgIpc) is 3.35. The molecule has 184 valence electrons. The number of anilines is 1. The minimum absolute atomic E-state index is 0.0232. The van der Waals surface area contributed by atoms with Gasteiger partial charge in [-0.3, -0.25) is 9.69 Å². The van der Waals surface area contributed by atoms with E-state index in [-0.39, 0.29) is 18.2 Å². The summed E-state index contributed by atoms with van der Waals surface area (Å²) < 4.78 is 16.9. The standard InChI is InChI=1S/C26H26FN7O2/c27-22-16-19(34-25-23(31-32-34)9-5-14-30-25)10-11-21(22)26(36)33(20-8-4-12-28-17-20)24-18(6-1-2-15-35)7-3-13-29-24/h1,3,5-7,9-11,13-14,16,20,28,35H,2,4,8,12,15,17H2/b6-1+/t20-/m1/s1. The minimum Gasteiger partial charge on any atom is -0.396 e. The maximum absolute atomic E-state index is 15.5. The molecule has 1 fully saturated rings. The van der Waals surface area contributed by atoms with Crippen molar-refractivity contribution in [3.8, 4) is 5.69 Å². The van der Waals surface area contributed by atoms with Crippen LogP contribution in [0.25, 0.3) is 22.9 Å². The van der Waals surface area contributed by atoms with Crippen LogP contribution in [0.15, 0.2) is 60.9 Å². The molecule has 5 rings (SSSR count). The van der Waals surface area contributed by atoms with Crippen LogP contribution in [-0.4, -0.2) is 61.7 Å². The largest absolute Gasteiger partial charge is 0.396 e. The monoisotopic (exact) mass is 487 g/mol. The van der Waals surface area contributed by atoms with Crippen LogP contribution >= 0.6 is 0 Å². The molecule has 1 amide bonds. The summed E-state index contributed by atoms with van der Waals surface area (Å²) in [6.07, 6.45) is 9.04. The highest BCUT2D eigenvalue weighted by atomic mass is 19.1. The number of nitrogens with zero attached hydrogens (tertiary/aromatic N) is 6. The van der Waals surface area contributed by atoms with Gasteiger partial charge in [-0.15, -0.1) is 5.10 Å². The lowest BCUT2D eigenvalue weighted by Gasteiger charge is -2.35. The fourth-order valence-corrected chi connectivity index (χ4v) is 4.39. The Bertz CT molecular complexity index is 1400. The van der Waals surface area contributed by atoms with Crippen LogP contribution in [0.5, 0.6) is 0 Å². The number of rotatable bonds is 7. The van der Waals surface area contributed by atoms with E-state index in [0.717, 1.165) is 24.9 Å². The van der Waals surface area contributed by atoms with E-state index in [1.54, 1.807) is 41.6 Å². The number of piperidine rings is 1. The molecule has 1 aromatic carbocycles. The fourth-order valence-electron chi connectivity index (χ4n) is 4.39. The van der Waals surface area contributed by atoms with Gasteiger partial charge in [0.2, 0.25) is 0 Å². The molecule has 10 heteroatoms. The number of aliphatic hydroxyl groups is 1. The molecule has 4 heterocycles. The first-order chi connectivity index (χ1) is 17.7. The highest BCUT2D eigenvalue weighted by Crippen LogP contribution is 2.28. The molecule has 0 radical (unpaired) electrons. The van der Waals surface area contributed by atoms with Gasteiger partial charge in [0.15, 0.2) is 5.65 Å². The van der Waals surface area contributed by atoms with Crippen molar-refractivity contribution in [1.82, 2.24) is 30.3 Å². The molecule has 0 saturated carbocycles. The number of fused-ring (bicyclic) bond motifs is 1. The van der Waals surface area contributed by atoms with Crippen LogP contribution < -0.4 is 10.2 Å². The topological polar surface area (TPSA) is 109 Å². The molecule has 3 aromatic heterocycles. The van der Waals surface area contributed by atoms with Crippen molar-refractivity contribution in [3.05, 3.63) is 77.9 Å². The number of amides is 1.